The van der Waals surface area contributed by atoms with Crippen molar-refractivity contribution in [2.24, 2.45) is 0 Å². The molecule has 1 N–H and O–H groups in total. The Balaban J connectivity index is 1.51. The molecule has 0 saturated carbocycles. The van der Waals surface area contributed by atoms with Crippen molar-refractivity contribution < 1.29 is 9.21 Å². The van der Waals surface area contributed by atoms with Gasteiger partial charge in [-0.25, -0.2) is 0 Å². The van der Waals surface area contributed by atoms with Crippen LogP contribution in [0.4, 0.5) is 5.69 Å². The second-order valence-electron chi connectivity index (χ2n) is 5.63. The minimum Gasteiger partial charge on any atom is -0.416 e. The van der Waals surface area contributed by atoms with Gasteiger partial charge in [-0.05, 0) is 45.6 Å². The van der Waals surface area contributed by atoms with Crippen molar-refractivity contribution in [2.75, 3.05) is 11.1 Å². The summed E-state index contributed by atoms with van der Waals surface area (Å²) in [6.45, 7) is 2.13. The third-order valence-electron chi connectivity index (χ3n) is 3.71. The molecular weight excluding hydrogens is 414 g/mol. The smallest absolute Gasteiger partial charge is 0.277 e. The topological polar surface area (TPSA) is 68.0 Å². The average Bonchev–Trinajstić information content (AvgIpc) is 3.10. The van der Waals surface area contributed by atoms with Crippen molar-refractivity contribution in [3.63, 3.8) is 0 Å². The summed E-state index contributed by atoms with van der Waals surface area (Å²) in [4.78, 5) is 12.1. The number of nitrogens with one attached hydrogen (secondary N) is 1. The number of carbonyl (C=O) groups is 1. The Kier molecular flexibility index (Phi) is 6.46. The van der Waals surface area contributed by atoms with Crippen molar-refractivity contribution >= 4 is 39.3 Å². The molecule has 2 aromatic carbocycles. The van der Waals surface area contributed by atoms with E-state index in [1.165, 1.54) is 17.3 Å². The van der Waals surface area contributed by atoms with Crippen LogP contribution in [-0.2, 0) is 17.6 Å². The van der Waals surface area contributed by atoms with Gasteiger partial charge in [0.25, 0.3) is 5.22 Å². The summed E-state index contributed by atoms with van der Waals surface area (Å²) in [5.41, 5.74) is 3.15. The van der Waals surface area contributed by atoms with E-state index in [0.29, 0.717) is 17.5 Å². The van der Waals surface area contributed by atoms with Gasteiger partial charge in [0, 0.05) is 4.47 Å². The normalized spacial score (nSPS) is 10.7. The molecule has 0 aliphatic carbocycles. The molecule has 7 heteroatoms. The molecule has 0 radical (unpaired) electrons. The zero-order valence-electron chi connectivity index (χ0n) is 14.2. The molecule has 3 rings (SSSR count). The third kappa shape index (κ3) is 5.19. The van der Waals surface area contributed by atoms with E-state index in [-0.39, 0.29) is 11.7 Å². The lowest BCUT2D eigenvalue weighted by Gasteiger charge is -2.05. The first-order chi connectivity index (χ1) is 12.6. The molecule has 1 amide bonds. The molecule has 0 fully saturated rings. The van der Waals surface area contributed by atoms with Crippen LogP contribution in [0.5, 0.6) is 0 Å². The molecule has 0 bridgehead atoms. The van der Waals surface area contributed by atoms with Crippen LogP contribution in [0.25, 0.3) is 0 Å². The summed E-state index contributed by atoms with van der Waals surface area (Å²) in [5, 5.41) is 11.3. The molecule has 26 heavy (non-hydrogen) atoms. The number of thioether (sulfide) groups is 1. The van der Waals surface area contributed by atoms with Crippen LogP contribution in [0.3, 0.4) is 0 Å². The van der Waals surface area contributed by atoms with Crippen molar-refractivity contribution in [3.8, 4) is 0 Å². The van der Waals surface area contributed by atoms with Crippen LogP contribution in [0, 0.1) is 0 Å². The highest BCUT2D eigenvalue weighted by atomic mass is 79.9. The van der Waals surface area contributed by atoms with Crippen LogP contribution in [0.15, 0.2) is 62.6 Å². The van der Waals surface area contributed by atoms with Gasteiger partial charge in [0.15, 0.2) is 0 Å². The van der Waals surface area contributed by atoms with E-state index in [4.69, 9.17) is 4.42 Å². The van der Waals surface area contributed by atoms with Crippen LogP contribution in [0.1, 0.15) is 23.9 Å². The lowest BCUT2D eigenvalue weighted by Crippen LogP contribution is -2.14. The van der Waals surface area contributed by atoms with E-state index in [9.17, 15) is 4.79 Å². The van der Waals surface area contributed by atoms with Gasteiger partial charge < -0.3 is 9.73 Å². The highest BCUT2D eigenvalue weighted by Gasteiger charge is 2.11. The Hall–Kier alpha value is -2.12. The van der Waals surface area contributed by atoms with E-state index in [0.717, 1.165) is 22.1 Å². The van der Waals surface area contributed by atoms with Gasteiger partial charge in [0.1, 0.15) is 0 Å². The number of rotatable bonds is 7. The maximum atomic E-state index is 12.1. The van der Waals surface area contributed by atoms with Gasteiger partial charge in [-0.3, -0.25) is 4.79 Å². The van der Waals surface area contributed by atoms with E-state index in [1.807, 2.05) is 24.3 Å². The molecule has 0 aliphatic rings. The summed E-state index contributed by atoms with van der Waals surface area (Å²) in [5.74, 6) is 0.619. The molecule has 0 spiro atoms. The standard InChI is InChI=1S/C19H18BrN3O2S/c1-2-13-7-9-14(10-8-13)11-18-22-23-19(25-18)26-12-17(24)21-16-6-4-3-5-15(16)20/h3-10H,2,11-12H2,1H3,(H,21,24). The Morgan fingerprint density at radius 1 is 1.12 bits per heavy atom. The summed E-state index contributed by atoms with van der Waals surface area (Å²) in [6, 6.07) is 15.8. The highest BCUT2D eigenvalue weighted by Crippen LogP contribution is 2.22. The maximum Gasteiger partial charge on any atom is 0.277 e. The van der Waals surface area contributed by atoms with Gasteiger partial charge in [-0.2, -0.15) is 0 Å². The Morgan fingerprint density at radius 2 is 1.85 bits per heavy atom. The molecular formula is C19H18BrN3O2S. The van der Waals surface area contributed by atoms with Gasteiger partial charge in [-0.1, -0.05) is 55.1 Å². The number of benzene rings is 2. The Morgan fingerprint density at radius 3 is 2.58 bits per heavy atom. The number of nitrogens with zero attached hydrogens (tertiary/aromatic N) is 2. The average molecular weight is 432 g/mol. The van der Waals surface area contributed by atoms with Gasteiger partial charge >= 0.3 is 0 Å². The number of amides is 1. The molecule has 0 unspecified atom stereocenters. The lowest BCUT2D eigenvalue weighted by molar-refractivity contribution is -0.113. The van der Waals surface area contributed by atoms with E-state index >= 15 is 0 Å². The fraction of sp³-hybridized carbons (Fsp3) is 0.211. The first-order valence-corrected chi connectivity index (χ1v) is 9.99. The second kappa shape index (κ2) is 9.00. The summed E-state index contributed by atoms with van der Waals surface area (Å²) in [7, 11) is 0. The lowest BCUT2D eigenvalue weighted by atomic mass is 10.1. The molecule has 0 saturated heterocycles. The zero-order chi connectivity index (χ0) is 18.4. The fourth-order valence-electron chi connectivity index (χ4n) is 2.31. The quantitative estimate of drug-likeness (QED) is 0.548. The van der Waals surface area contributed by atoms with Gasteiger partial charge in [-0.15, -0.1) is 10.2 Å². The number of aryl methyl sites for hydroxylation is 1. The van der Waals surface area contributed by atoms with Crippen LogP contribution < -0.4 is 5.32 Å². The van der Waals surface area contributed by atoms with Crippen LogP contribution in [-0.4, -0.2) is 21.9 Å². The first-order valence-electron chi connectivity index (χ1n) is 8.21. The zero-order valence-corrected chi connectivity index (χ0v) is 16.6. The predicted octanol–water partition coefficient (Wildman–Crippen LogP) is 4.72. The van der Waals surface area contributed by atoms with E-state index < -0.39 is 0 Å². The summed E-state index contributed by atoms with van der Waals surface area (Å²) >= 11 is 4.63. The van der Waals surface area contributed by atoms with Crippen LogP contribution >= 0.6 is 27.7 Å². The summed E-state index contributed by atoms with van der Waals surface area (Å²) < 4.78 is 6.46. The first kappa shape index (κ1) is 18.7. The number of carbonyl (C=O) groups excluding carboxylic acids is 1. The van der Waals surface area contributed by atoms with Crippen molar-refractivity contribution in [1.29, 1.82) is 0 Å². The predicted molar refractivity (Wildman–Crippen MR) is 106 cm³/mol. The van der Waals surface area contributed by atoms with Gasteiger partial charge in [0.05, 0.1) is 17.9 Å². The molecule has 1 heterocycles. The Labute approximate surface area is 164 Å². The maximum absolute atomic E-state index is 12.1. The molecule has 0 atom stereocenters. The monoisotopic (exact) mass is 431 g/mol. The largest absolute Gasteiger partial charge is 0.416 e. The van der Waals surface area contributed by atoms with Gasteiger partial charge in [0.2, 0.25) is 11.8 Å². The van der Waals surface area contributed by atoms with E-state index in [1.54, 1.807) is 0 Å². The minimum absolute atomic E-state index is 0.128. The van der Waals surface area contributed by atoms with Crippen LogP contribution in [0.2, 0.25) is 0 Å². The number of para-hydroxylation sites is 1. The highest BCUT2D eigenvalue weighted by molar-refractivity contribution is 9.10. The fourth-order valence-corrected chi connectivity index (χ4v) is 3.28. The minimum atomic E-state index is -0.128. The SMILES string of the molecule is CCc1ccc(Cc2nnc(SCC(=O)Nc3ccccc3Br)o2)cc1. The number of anilines is 1. The number of hydrogen-bond donors (Lipinski definition) is 1. The molecule has 5 nitrogen and oxygen atoms in total. The molecule has 3 aromatic rings. The molecule has 0 aliphatic heterocycles. The number of aromatic nitrogens is 2. The molecule has 134 valence electrons. The summed E-state index contributed by atoms with van der Waals surface area (Å²) in [6.07, 6.45) is 1.60. The van der Waals surface area contributed by atoms with Crippen molar-refractivity contribution in [1.82, 2.24) is 10.2 Å². The number of hydrogen-bond acceptors (Lipinski definition) is 5. The van der Waals surface area contributed by atoms with Crippen molar-refractivity contribution in [3.05, 3.63) is 70.0 Å². The van der Waals surface area contributed by atoms with E-state index in [2.05, 4.69) is 62.6 Å². The third-order valence-corrected chi connectivity index (χ3v) is 5.22. The Bertz CT molecular complexity index is 881. The second-order valence-corrected chi connectivity index (χ2v) is 7.41. The molecule has 1 aromatic heterocycles. The van der Waals surface area contributed by atoms with Crippen molar-refractivity contribution in [2.45, 2.75) is 25.0 Å². The number of halogens is 1.